The van der Waals surface area contributed by atoms with Crippen LogP contribution in [0.5, 0.6) is 0 Å². The zero-order valence-electron chi connectivity index (χ0n) is 11.1. The average Bonchev–Trinajstić information content (AvgIpc) is 2.70. The van der Waals surface area contributed by atoms with Gasteiger partial charge >= 0.3 is 0 Å². The van der Waals surface area contributed by atoms with Crippen molar-refractivity contribution in [3.63, 3.8) is 0 Å². The van der Waals surface area contributed by atoms with E-state index >= 15 is 0 Å². The van der Waals surface area contributed by atoms with E-state index in [0.717, 1.165) is 24.3 Å². The van der Waals surface area contributed by atoms with E-state index in [4.69, 9.17) is 11.6 Å². The predicted octanol–water partition coefficient (Wildman–Crippen LogP) is 2.30. The summed E-state index contributed by atoms with van der Waals surface area (Å²) in [4.78, 5) is 0. The van der Waals surface area contributed by atoms with Crippen LogP contribution in [-0.2, 0) is 16.3 Å². The molecule has 5 heteroatoms. The Hall–Kier alpha value is -0.580. The van der Waals surface area contributed by atoms with E-state index in [-0.39, 0.29) is 0 Å². The van der Waals surface area contributed by atoms with Gasteiger partial charge < -0.3 is 5.32 Å². The highest BCUT2D eigenvalue weighted by Crippen LogP contribution is 2.24. The maximum Gasteiger partial charge on any atom is 0.150 e. The Bertz CT molecular complexity index is 513. The third kappa shape index (κ3) is 4.48. The lowest BCUT2D eigenvalue weighted by Crippen LogP contribution is -2.30. The normalized spacial score (nSPS) is 23.4. The van der Waals surface area contributed by atoms with Crippen molar-refractivity contribution in [2.45, 2.75) is 25.3 Å². The zero-order chi connectivity index (χ0) is 13.9. The van der Waals surface area contributed by atoms with Crippen LogP contribution in [0.4, 0.5) is 0 Å². The zero-order valence-corrected chi connectivity index (χ0v) is 12.7. The number of likely N-dealkylation sites (N-methyl/N-ethyl adjacent to an activating group) is 1. The van der Waals surface area contributed by atoms with E-state index in [1.165, 1.54) is 5.56 Å². The smallest absolute Gasteiger partial charge is 0.150 e. The van der Waals surface area contributed by atoms with E-state index in [1.54, 1.807) is 0 Å². The summed E-state index contributed by atoms with van der Waals surface area (Å²) in [6.07, 6.45) is 2.63. The molecule has 2 atom stereocenters. The SMILES string of the molecule is CNC(Cc1ccc(Cl)cc1)CC1CCS(=O)(=O)C1. The number of sulfone groups is 1. The van der Waals surface area contributed by atoms with Gasteiger partial charge in [0.25, 0.3) is 0 Å². The Labute approximate surface area is 120 Å². The van der Waals surface area contributed by atoms with Gasteiger partial charge in [-0.2, -0.15) is 0 Å². The van der Waals surface area contributed by atoms with Crippen molar-refractivity contribution in [3.05, 3.63) is 34.9 Å². The summed E-state index contributed by atoms with van der Waals surface area (Å²) >= 11 is 5.87. The summed E-state index contributed by atoms with van der Waals surface area (Å²) < 4.78 is 22.9. The van der Waals surface area contributed by atoms with Gasteiger partial charge in [-0.3, -0.25) is 0 Å². The number of hydrogen-bond donors (Lipinski definition) is 1. The quantitative estimate of drug-likeness (QED) is 0.908. The van der Waals surface area contributed by atoms with Gasteiger partial charge in [-0.05, 0) is 49.9 Å². The Morgan fingerprint density at radius 2 is 2.05 bits per heavy atom. The molecular formula is C14H20ClNO2S. The fraction of sp³-hybridized carbons (Fsp3) is 0.571. The molecular weight excluding hydrogens is 282 g/mol. The molecule has 1 saturated heterocycles. The van der Waals surface area contributed by atoms with E-state index in [1.807, 2.05) is 31.3 Å². The third-order valence-electron chi connectivity index (χ3n) is 3.75. The number of benzene rings is 1. The minimum absolute atomic E-state index is 0.301. The molecule has 1 fully saturated rings. The van der Waals surface area contributed by atoms with Crippen molar-refractivity contribution in [2.24, 2.45) is 5.92 Å². The summed E-state index contributed by atoms with van der Waals surface area (Å²) in [7, 11) is -0.838. The fourth-order valence-corrected chi connectivity index (χ4v) is 4.67. The molecule has 0 aliphatic carbocycles. The Balaban J connectivity index is 1.92. The number of hydrogen-bond acceptors (Lipinski definition) is 3. The highest BCUT2D eigenvalue weighted by atomic mass is 35.5. The summed E-state index contributed by atoms with van der Waals surface area (Å²) in [6, 6.07) is 8.16. The second-order valence-electron chi connectivity index (χ2n) is 5.32. The van der Waals surface area contributed by atoms with Crippen molar-refractivity contribution >= 4 is 21.4 Å². The minimum Gasteiger partial charge on any atom is -0.317 e. The molecule has 0 bridgehead atoms. The summed E-state index contributed by atoms with van der Waals surface area (Å²) in [5.74, 6) is 1.01. The lowest BCUT2D eigenvalue weighted by molar-refractivity contribution is 0.424. The standard InChI is InChI=1S/C14H20ClNO2S/c1-16-14(8-11-2-4-13(15)5-3-11)9-12-6-7-19(17,18)10-12/h2-5,12,14,16H,6-10H2,1H3. The molecule has 1 aliphatic rings. The molecule has 3 nitrogen and oxygen atoms in total. The van der Waals surface area contributed by atoms with Crippen molar-refractivity contribution in [2.75, 3.05) is 18.6 Å². The topological polar surface area (TPSA) is 46.2 Å². The number of halogens is 1. The van der Waals surface area contributed by atoms with E-state index < -0.39 is 9.84 Å². The Kier molecular flexibility index (Phi) is 4.87. The second kappa shape index (κ2) is 6.25. The molecule has 0 amide bonds. The van der Waals surface area contributed by atoms with Crippen LogP contribution >= 0.6 is 11.6 Å². The summed E-state index contributed by atoms with van der Waals surface area (Å²) in [5, 5.41) is 4.03. The van der Waals surface area contributed by atoms with Gasteiger partial charge in [-0.1, -0.05) is 23.7 Å². The van der Waals surface area contributed by atoms with Gasteiger partial charge in [-0.15, -0.1) is 0 Å². The molecule has 0 saturated carbocycles. The van der Waals surface area contributed by atoms with Gasteiger partial charge in [0.05, 0.1) is 11.5 Å². The molecule has 1 aliphatic heterocycles. The molecule has 0 aromatic heterocycles. The molecule has 1 N–H and O–H groups in total. The average molecular weight is 302 g/mol. The van der Waals surface area contributed by atoms with Crippen LogP contribution in [-0.4, -0.2) is 33.0 Å². The molecule has 1 aromatic carbocycles. The number of nitrogens with one attached hydrogen (secondary N) is 1. The monoisotopic (exact) mass is 301 g/mol. The van der Waals surface area contributed by atoms with Crippen molar-refractivity contribution in [3.8, 4) is 0 Å². The van der Waals surface area contributed by atoms with Gasteiger partial charge in [0.15, 0.2) is 9.84 Å². The maximum absolute atomic E-state index is 11.5. The first-order valence-corrected chi connectivity index (χ1v) is 8.80. The largest absolute Gasteiger partial charge is 0.317 e. The number of rotatable bonds is 5. The van der Waals surface area contributed by atoms with E-state index in [2.05, 4.69) is 5.32 Å². The predicted molar refractivity (Wildman–Crippen MR) is 79.4 cm³/mol. The molecule has 0 spiro atoms. The van der Waals surface area contributed by atoms with Crippen LogP contribution in [0.1, 0.15) is 18.4 Å². The lowest BCUT2D eigenvalue weighted by Gasteiger charge is -2.19. The first-order chi connectivity index (χ1) is 8.98. The van der Waals surface area contributed by atoms with Crippen molar-refractivity contribution < 1.29 is 8.42 Å². The van der Waals surface area contributed by atoms with Crippen LogP contribution in [0.25, 0.3) is 0 Å². The summed E-state index contributed by atoms with van der Waals surface area (Å²) in [5.41, 5.74) is 1.23. The van der Waals surface area contributed by atoms with Crippen LogP contribution in [0, 0.1) is 5.92 Å². The first-order valence-electron chi connectivity index (χ1n) is 6.60. The first kappa shape index (κ1) is 14.8. The molecule has 2 rings (SSSR count). The molecule has 0 radical (unpaired) electrons. The second-order valence-corrected chi connectivity index (χ2v) is 7.99. The van der Waals surface area contributed by atoms with Gasteiger partial charge in [0.1, 0.15) is 0 Å². The van der Waals surface area contributed by atoms with Crippen molar-refractivity contribution in [1.82, 2.24) is 5.32 Å². The Morgan fingerprint density at radius 3 is 2.58 bits per heavy atom. The summed E-state index contributed by atoms with van der Waals surface area (Å²) in [6.45, 7) is 0. The van der Waals surface area contributed by atoms with E-state index in [9.17, 15) is 8.42 Å². The van der Waals surface area contributed by atoms with Crippen LogP contribution in [0.15, 0.2) is 24.3 Å². The highest BCUT2D eigenvalue weighted by molar-refractivity contribution is 7.91. The molecule has 1 heterocycles. The third-order valence-corrected chi connectivity index (χ3v) is 5.84. The van der Waals surface area contributed by atoms with Crippen LogP contribution in [0.2, 0.25) is 5.02 Å². The Morgan fingerprint density at radius 1 is 1.37 bits per heavy atom. The molecule has 1 aromatic rings. The van der Waals surface area contributed by atoms with Crippen LogP contribution in [0.3, 0.4) is 0 Å². The van der Waals surface area contributed by atoms with E-state index in [0.29, 0.717) is 23.5 Å². The lowest BCUT2D eigenvalue weighted by atomic mass is 9.95. The fourth-order valence-electron chi connectivity index (χ4n) is 2.67. The minimum atomic E-state index is -2.77. The highest BCUT2D eigenvalue weighted by Gasteiger charge is 2.29. The van der Waals surface area contributed by atoms with Gasteiger partial charge in [0, 0.05) is 11.1 Å². The van der Waals surface area contributed by atoms with Crippen molar-refractivity contribution in [1.29, 1.82) is 0 Å². The molecule has 19 heavy (non-hydrogen) atoms. The van der Waals surface area contributed by atoms with Crippen LogP contribution < -0.4 is 5.32 Å². The maximum atomic E-state index is 11.5. The van der Waals surface area contributed by atoms with Gasteiger partial charge in [-0.25, -0.2) is 8.42 Å². The molecule has 2 unspecified atom stereocenters. The molecule has 106 valence electrons. The van der Waals surface area contributed by atoms with Gasteiger partial charge in [0.2, 0.25) is 0 Å².